The van der Waals surface area contributed by atoms with Gasteiger partial charge in [0.15, 0.2) is 0 Å². The molecule has 0 atom stereocenters. The van der Waals surface area contributed by atoms with E-state index < -0.39 is 0 Å². The van der Waals surface area contributed by atoms with Crippen molar-refractivity contribution in [2.24, 2.45) is 0 Å². The van der Waals surface area contributed by atoms with E-state index in [1.165, 1.54) is 54.6 Å². The molecule has 26 heavy (non-hydrogen) atoms. The van der Waals surface area contributed by atoms with E-state index in [2.05, 4.69) is 44.0 Å². The van der Waals surface area contributed by atoms with Crippen LogP contribution in [-0.2, 0) is 0 Å². The Balaban J connectivity index is 0.00000163. The molecule has 1 N–H and O–H groups in total. The number of likely N-dealkylation sites (tertiary alicyclic amines) is 1. The highest BCUT2D eigenvalue weighted by atomic mass is 16.1. The average molecular weight is 359 g/mol. The van der Waals surface area contributed by atoms with Gasteiger partial charge in [0.05, 0.1) is 0 Å². The van der Waals surface area contributed by atoms with Crippen molar-refractivity contribution in [3.8, 4) is 0 Å². The summed E-state index contributed by atoms with van der Waals surface area (Å²) >= 11 is 0. The Hall–Kier alpha value is -1.61. The van der Waals surface area contributed by atoms with Crippen LogP contribution < -0.4 is 5.32 Å². The maximum atomic E-state index is 12.5. The largest absolute Gasteiger partial charge is 0.351 e. The number of aryl methyl sites for hydroxylation is 1. The van der Waals surface area contributed by atoms with Gasteiger partial charge in [-0.15, -0.1) is 0 Å². The van der Waals surface area contributed by atoms with Crippen LogP contribution in [0, 0.1) is 6.92 Å². The van der Waals surface area contributed by atoms with Gasteiger partial charge < -0.3 is 10.2 Å². The summed E-state index contributed by atoms with van der Waals surface area (Å²) in [7, 11) is 0. The maximum absolute atomic E-state index is 12.5. The van der Waals surface area contributed by atoms with Crippen LogP contribution in [0.3, 0.4) is 0 Å². The monoisotopic (exact) mass is 358 g/mol. The Morgan fingerprint density at radius 3 is 2.38 bits per heavy atom. The number of allylic oxidation sites excluding steroid dienone is 2. The number of carbonyl (C=O) groups is 1. The van der Waals surface area contributed by atoms with Gasteiger partial charge in [0.2, 0.25) is 0 Å². The molecule has 1 saturated heterocycles. The molecular formula is C23H38N2O. The molecule has 1 amide bonds. The van der Waals surface area contributed by atoms with Crippen LogP contribution in [0.2, 0.25) is 0 Å². The van der Waals surface area contributed by atoms with Crippen LogP contribution in [0.25, 0.3) is 5.57 Å². The van der Waals surface area contributed by atoms with Gasteiger partial charge in [0.25, 0.3) is 5.91 Å². The summed E-state index contributed by atoms with van der Waals surface area (Å²) in [5.41, 5.74) is 5.85. The molecule has 3 nitrogen and oxygen atoms in total. The van der Waals surface area contributed by atoms with E-state index in [-0.39, 0.29) is 5.91 Å². The lowest BCUT2D eigenvalue weighted by molar-refractivity contribution is 0.0946. The lowest BCUT2D eigenvalue weighted by atomic mass is 9.95. The number of hydrogen-bond acceptors (Lipinski definition) is 2. The summed E-state index contributed by atoms with van der Waals surface area (Å²) in [4.78, 5) is 14.9. The van der Waals surface area contributed by atoms with Crippen molar-refractivity contribution in [3.63, 3.8) is 0 Å². The second-order valence-electron chi connectivity index (χ2n) is 6.95. The standard InChI is InChI=1S/C21H32N2O.C2H6/c1-5-16(2)18(4)20-15-19(10-9-17(20)3)21(24)22-11-14-23-12-7-6-8-13-23;1-2/h9-10,15H,5-8,11-14H2,1-4H3,(H,22,24);1-2H3/b18-16-;. The molecule has 1 heterocycles. The number of benzene rings is 1. The predicted octanol–water partition coefficient (Wildman–Crippen LogP) is 5.44. The van der Waals surface area contributed by atoms with Crippen LogP contribution in [0.4, 0.5) is 0 Å². The minimum absolute atomic E-state index is 0.0372. The molecule has 1 aromatic carbocycles. The Labute approximate surface area is 160 Å². The van der Waals surface area contributed by atoms with E-state index in [1.807, 2.05) is 26.0 Å². The first-order chi connectivity index (χ1) is 12.5. The Bertz CT molecular complexity index is 598. The molecule has 3 heteroatoms. The molecular weight excluding hydrogens is 320 g/mol. The van der Waals surface area contributed by atoms with Gasteiger partial charge in [0.1, 0.15) is 0 Å². The Morgan fingerprint density at radius 1 is 1.12 bits per heavy atom. The van der Waals surface area contributed by atoms with Gasteiger partial charge in [-0.3, -0.25) is 4.79 Å². The molecule has 1 aliphatic rings. The lowest BCUT2D eigenvalue weighted by Gasteiger charge is -2.26. The fourth-order valence-electron chi connectivity index (χ4n) is 3.27. The summed E-state index contributed by atoms with van der Waals surface area (Å²) in [6.45, 7) is 16.6. The molecule has 0 aromatic heterocycles. The molecule has 1 aliphatic heterocycles. The first kappa shape index (κ1) is 22.4. The quantitative estimate of drug-likeness (QED) is 0.734. The van der Waals surface area contributed by atoms with Crippen molar-refractivity contribution in [2.45, 2.75) is 67.2 Å². The van der Waals surface area contributed by atoms with Crippen molar-refractivity contribution in [1.29, 1.82) is 0 Å². The van der Waals surface area contributed by atoms with Crippen LogP contribution >= 0.6 is 0 Å². The van der Waals surface area contributed by atoms with Crippen LogP contribution in [0.1, 0.15) is 81.8 Å². The number of rotatable bonds is 6. The molecule has 0 spiro atoms. The summed E-state index contributed by atoms with van der Waals surface area (Å²) in [6, 6.07) is 6.03. The van der Waals surface area contributed by atoms with E-state index in [0.717, 1.165) is 25.1 Å². The minimum Gasteiger partial charge on any atom is -0.351 e. The first-order valence-corrected chi connectivity index (χ1v) is 10.3. The van der Waals surface area contributed by atoms with Crippen molar-refractivity contribution in [1.82, 2.24) is 10.2 Å². The molecule has 0 radical (unpaired) electrons. The third-order valence-electron chi connectivity index (χ3n) is 5.24. The number of hydrogen-bond donors (Lipinski definition) is 1. The van der Waals surface area contributed by atoms with E-state index in [4.69, 9.17) is 0 Å². The number of nitrogens with one attached hydrogen (secondary N) is 1. The third kappa shape index (κ3) is 6.60. The van der Waals surface area contributed by atoms with Gasteiger partial charge in [-0.05, 0) is 82.0 Å². The average Bonchev–Trinajstić information content (AvgIpc) is 2.69. The van der Waals surface area contributed by atoms with Crippen molar-refractivity contribution in [2.75, 3.05) is 26.2 Å². The third-order valence-corrected chi connectivity index (χ3v) is 5.24. The number of nitrogens with zero attached hydrogens (tertiary/aromatic N) is 1. The van der Waals surface area contributed by atoms with Crippen molar-refractivity contribution < 1.29 is 4.79 Å². The molecule has 2 rings (SSSR count). The summed E-state index contributed by atoms with van der Waals surface area (Å²) in [5.74, 6) is 0.0372. The minimum atomic E-state index is 0.0372. The summed E-state index contributed by atoms with van der Waals surface area (Å²) in [6.07, 6.45) is 4.96. The first-order valence-electron chi connectivity index (χ1n) is 10.3. The van der Waals surface area contributed by atoms with Crippen LogP contribution in [0.15, 0.2) is 23.8 Å². The van der Waals surface area contributed by atoms with Crippen molar-refractivity contribution >= 4 is 11.5 Å². The summed E-state index contributed by atoms with van der Waals surface area (Å²) in [5, 5.41) is 3.08. The van der Waals surface area contributed by atoms with E-state index in [9.17, 15) is 4.79 Å². The lowest BCUT2D eigenvalue weighted by Crippen LogP contribution is -2.37. The van der Waals surface area contributed by atoms with Gasteiger partial charge >= 0.3 is 0 Å². The fraction of sp³-hybridized carbons (Fsp3) is 0.609. The second-order valence-corrected chi connectivity index (χ2v) is 6.95. The van der Waals surface area contributed by atoms with E-state index in [0.29, 0.717) is 0 Å². The number of carbonyl (C=O) groups excluding carboxylic acids is 1. The number of amides is 1. The molecule has 0 aliphatic carbocycles. The Kier molecular flexibility index (Phi) is 10.3. The molecule has 0 bridgehead atoms. The van der Waals surface area contributed by atoms with Crippen LogP contribution in [0.5, 0.6) is 0 Å². The van der Waals surface area contributed by atoms with Gasteiger partial charge in [-0.1, -0.05) is 38.8 Å². The van der Waals surface area contributed by atoms with Gasteiger partial charge in [0, 0.05) is 18.7 Å². The molecule has 146 valence electrons. The fourth-order valence-corrected chi connectivity index (χ4v) is 3.27. The zero-order chi connectivity index (χ0) is 19.5. The molecule has 1 fully saturated rings. The highest BCUT2D eigenvalue weighted by molar-refractivity contribution is 5.95. The normalized spacial score (nSPS) is 15.6. The summed E-state index contributed by atoms with van der Waals surface area (Å²) < 4.78 is 0. The topological polar surface area (TPSA) is 32.3 Å². The zero-order valence-corrected chi connectivity index (χ0v) is 17.7. The van der Waals surface area contributed by atoms with Crippen molar-refractivity contribution in [3.05, 3.63) is 40.5 Å². The van der Waals surface area contributed by atoms with Crippen LogP contribution in [-0.4, -0.2) is 37.0 Å². The highest BCUT2D eigenvalue weighted by Gasteiger charge is 2.12. The number of piperidine rings is 1. The van der Waals surface area contributed by atoms with E-state index in [1.54, 1.807) is 0 Å². The van der Waals surface area contributed by atoms with Gasteiger partial charge in [-0.25, -0.2) is 0 Å². The molecule has 0 unspecified atom stereocenters. The zero-order valence-electron chi connectivity index (χ0n) is 17.7. The highest BCUT2D eigenvalue weighted by Crippen LogP contribution is 2.24. The Morgan fingerprint density at radius 2 is 1.77 bits per heavy atom. The molecule has 0 saturated carbocycles. The predicted molar refractivity (Wildman–Crippen MR) is 114 cm³/mol. The SMILES string of the molecule is CC.CC/C(C)=C(/C)c1cc(C(=O)NCCN2CCCCC2)ccc1C. The van der Waals surface area contributed by atoms with Gasteiger partial charge in [-0.2, -0.15) is 0 Å². The van der Waals surface area contributed by atoms with E-state index >= 15 is 0 Å². The smallest absolute Gasteiger partial charge is 0.251 e. The maximum Gasteiger partial charge on any atom is 0.251 e. The molecule has 1 aromatic rings. The second kappa shape index (κ2) is 11.9.